The van der Waals surface area contributed by atoms with Crippen molar-refractivity contribution in [2.24, 2.45) is 0 Å². The summed E-state index contributed by atoms with van der Waals surface area (Å²) in [6.45, 7) is 1.67. The molecule has 0 unspecified atom stereocenters. The lowest BCUT2D eigenvalue weighted by atomic mass is 10.1. The molecule has 1 aliphatic heterocycles. The highest BCUT2D eigenvalue weighted by Crippen LogP contribution is 2.38. The molecule has 36 heavy (non-hydrogen) atoms. The highest BCUT2D eigenvalue weighted by molar-refractivity contribution is 8.27. The molecule has 0 aliphatic carbocycles. The molecule has 0 spiro atoms. The maximum Gasteiger partial charge on any atom is 0.416 e. The highest BCUT2D eigenvalue weighted by Gasteiger charge is 2.36. The fourth-order valence-electron chi connectivity index (χ4n) is 3.41. The summed E-state index contributed by atoms with van der Waals surface area (Å²) < 4.78 is 45.0. The molecule has 0 radical (unpaired) electrons. The Morgan fingerprint density at radius 1 is 1.08 bits per heavy atom. The molecule has 3 aromatic carbocycles. The number of nitrogens with zero attached hydrogens (tertiary/aromatic N) is 1. The van der Waals surface area contributed by atoms with Crippen LogP contribution in [-0.2, 0) is 15.8 Å². The van der Waals surface area contributed by atoms with Crippen LogP contribution >= 0.6 is 24.0 Å². The summed E-state index contributed by atoms with van der Waals surface area (Å²) in [5, 5.41) is 2.78. The van der Waals surface area contributed by atoms with Crippen molar-refractivity contribution in [1.82, 2.24) is 0 Å². The molecule has 5 nitrogen and oxygen atoms in total. The zero-order chi connectivity index (χ0) is 25.9. The van der Waals surface area contributed by atoms with Gasteiger partial charge in [-0.3, -0.25) is 14.5 Å². The first-order valence-corrected chi connectivity index (χ1v) is 11.9. The molecule has 1 fully saturated rings. The Balaban J connectivity index is 1.45. The Morgan fingerprint density at radius 2 is 1.83 bits per heavy atom. The number of nitrogens with one attached hydrogen (secondary N) is 1. The number of halogens is 3. The van der Waals surface area contributed by atoms with E-state index in [0.717, 1.165) is 34.4 Å². The van der Waals surface area contributed by atoms with Gasteiger partial charge in [-0.2, -0.15) is 13.2 Å². The van der Waals surface area contributed by atoms with Crippen LogP contribution in [0.25, 0.3) is 6.08 Å². The number of benzene rings is 3. The van der Waals surface area contributed by atoms with Gasteiger partial charge in [0.25, 0.3) is 11.8 Å². The van der Waals surface area contributed by atoms with Crippen LogP contribution in [-0.4, -0.2) is 22.7 Å². The van der Waals surface area contributed by atoms with Crippen LogP contribution in [0.2, 0.25) is 0 Å². The van der Waals surface area contributed by atoms with Crippen LogP contribution in [0.3, 0.4) is 0 Å². The van der Waals surface area contributed by atoms with Gasteiger partial charge in [0.2, 0.25) is 0 Å². The fourth-order valence-corrected chi connectivity index (χ4v) is 4.70. The SMILES string of the molecule is Cc1ccccc1NC(=O)COc1cccc(/C=C2\SC(=S)N(c3cccc(C(F)(F)F)c3)C2=O)c1. The third-order valence-corrected chi connectivity index (χ3v) is 6.47. The van der Waals surface area contributed by atoms with Crippen molar-refractivity contribution in [2.45, 2.75) is 13.1 Å². The van der Waals surface area contributed by atoms with Gasteiger partial charge < -0.3 is 10.1 Å². The van der Waals surface area contributed by atoms with Crippen molar-refractivity contribution < 1.29 is 27.5 Å². The van der Waals surface area contributed by atoms with Gasteiger partial charge in [-0.05, 0) is 60.5 Å². The highest BCUT2D eigenvalue weighted by atomic mass is 32.2. The average Bonchev–Trinajstić information content (AvgIpc) is 3.11. The second kappa shape index (κ2) is 10.5. The summed E-state index contributed by atoms with van der Waals surface area (Å²) >= 11 is 6.26. The molecular formula is C26H19F3N2O3S2. The third kappa shape index (κ3) is 5.95. The quantitative estimate of drug-likeness (QED) is 0.295. The van der Waals surface area contributed by atoms with Gasteiger partial charge in [0.05, 0.1) is 16.2 Å². The predicted molar refractivity (Wildman–Crippen MR) is 139 cm³/mol. The summed E-state index contributed by atoms with van der Waals surface area (Å²) in [4.78, 5) is 26.6. The maximum absolute atomic E-state index is 13.1. The molecule has 10 heteroatoms. The van der Waals surface area contributed by atoms with Gasteiger partial charge in [-0.25, -0.2) is 0 Å². The van der Waals surface area contributed by atoms with Gasteiger partial charge >= 0.3 is 6.18 Å². The number of aryl methyl sites for hydroxylation is 1. The first-order valence-electron chi connectivity index (χ1n) is 10.7. The van der Waals surface area contributed by atoms with Crippen LogP contribution in [0.4, 0.5) is 24.5 Å². The van der Waals surface area contributed by atoms with Gasteiger partial charge in [0, 0.05) is 5.69 Å². The summed E-state index contributed by atoms with van der Waals surface area (Å²) in [6, 6.07) is 18.6. The first kappa shape index (κ1) is 25.5. The van der Waals surface area contributed by atoms with E-state index < -0.39 is 17.6 Å². The smallest absolute Gasteiger partial charge is 0.416 e. The Hall–Kier alpha value is -3.63. The Labute approximate surface area is 214 Å². The van der Waals surface area contributed by atoms with Crippen molar-refractivity contribution in [1.29, 1.82) is 0 Å². The molecule has 1 saturated heterocycles. The van der Waals surface area contributed by atoms with Crippen molar-refractivity contribution in [2.75, 3.05) is 16.8 Å². The van der Waals surface area contributed by atoms with Crippen LogP contribution in [0, 0.1) is 6.92 Å². The predicted octanol–water partition coefficient (Wildman–Crippen LogP) is 6.44. The van der Waals surface area contributed by atoms with Crippen LogP contribution < -0.4 is 15.0 Å². The molecule has 0 atom stereocenters. The minimum Gasteiger partial charge on any atom is -0.484 e. The lowest BCUT2D eigenvalue weighted by molar-refractivity contribution is -0.137. The summed E-state index contributed by atoms with van der Waals surface area (Å²) in [5.74, 6) is -0.429. The second-order valence-electron chi connectivity index (χ2n) is 7.79. The largest absolute Gasteiger partial charge is 0.484 e. The van der Waals surface area contributed by atoms with Gasteiger partial charge in [0.15, 0.2) is 10.9 Å². The van der Waals surface area contributed by atoms with Crippen molar-refractivity contribution in [3.05, 3.63) is 94.4 Å². The van der Waals surface area contributed by atoms with E-state index in [1.165, 1.54) is 12.1 Å². The van der Waals surface area contributed by atoms with E-state index in [4.69, 9.17) is 17.0 Å². The zero-order valence-electron chi connectivity index (χ0n) is 18.8. The van der Waals surface area contributed by atoms with Gasteiger partial charge in [0.1, 0.15) is 5.75 Å². The molecular weight excluding hydrogens is 509 g/mol. The number of hydrogen-bond acceptors (Lipinski definition) is 5. The number of para-hydroxylation sites is 1. The zero-order valence-corrected chi connectivity index (χ0v) is 20.5. The van der Waals surface area contributed by atoms with E-state index in [2.05, 4.69) is 5.32 Å². The topological polar surface area (TPSA) is 58.6 Å². The number of hydrogen-bond donors (Lipinski definition) is 1. The molecule has 4 rings (SSSR count). The lowest BCUT2D eigenvalue weighted by Gasteiger charge is -2.16. The van der Waals surface area contributed by atoms with Crippen LogP contribution in [0.15, 0.2) is 77.7 Å². The van der Waals surface area contributed by atoms with Crippen molar-refractivity contribution >= 4 is 57.6 Å². The van der Waals surface area contributed by atoms with E-state index in [1.54, 1.807) is 36.4 Å². The summed E-state index contributed by atoms with van der Waals surface area (Å²) in [5.41, 5.74) is 1.41. The molecule has 0 saturated carbocycles. The molecule has 1 heterocycles. The number of carbonyl (C=O) groups excluding carboxylic acids is 2. The molecule has 1 N–H and O–H groups in total. The van der Waals surface area contributed by atoms with E-state index in [1.807, 2.05) is 25.1 Å². The third-order valence-electron chi connectivity index (χ3n) is 5.17. The molecule has 3 aromatic rings. The number of ether oxygens (including phenoxy) is 1. The lowest BCUT2D eigenvalue weighted by Crippen LogP contribution is -2.27. The monoisotopic (exact) mass is 528 g/mol. The number of thioether (sulfide) groups is 1. The molecule has 0 aromatic heterocycles. The van der Waals surface area contributed by atoms with Crippen molar-refractivity contribution in [3.63, 3.8) is 0 Å². The number of thiocarbonyl (C=S) groups is 1. The number of amides is 2. The number of rotatable bonds is 6. The maximum atomic E-state index is 13.1. The standard InChI is InChI=1S/C26H19F3N2O3S2/c1-16-6-2-3-11-21(16)30-23(32)15-34-20-10-4-7-17(12-20)13-22-24(33)31(25(35)36-22)19-9-5-8-18(14-19)26(27,28)29/h2-14H,15H2,1H3,(H,30,32)/b22-13-. The molecule has 0 bridgehead atoms. The average molecular weight is 529 g/mol. The van der Waals surface area contributed by atoms with E-state index in [0.29, 0.717) is 17.0 Å². The van der Waals surface area contributed by atoms with Crippen molar-refractivity contribution in [3.8, 4) is 5.75 Å². The van der Waals surface area contributed by atoms with Crippen LogP contribution in [0.1, 0.15) is 16.7 Å². The summed E-state index contributed by atoms with van der Waals surface area (Å²) in [6.07, 6.45) is -2.96. The fraction of sp³-hybridized carbons (Fsp3) is 0.115. The minimum absolute atomic E-state index is 0.0486. The summed E-state index contributed by atoms with van der Waals surface area (Å²) in [7, 11) is 0. The van der Waals surface area contributed by atoms with E-state index in [-0.39, 0.29) is 27.4 Å². The van der Waals surface area contributed by atoms with Crippen LogP contribution in [0.5, 0.6) is 5.75 Å². The Morgan fingerprint density at radius 3 is 2.58 bits per heavy atom. The first-order chi connectivity index (χ1) is 17.1. The Bertz CT molecular complexity index is 1370. The normalized spacial score (nSPS) is 14.9. The van der Waals surface area contributed by atoms with E-state index in [9.17, 15) is 22.8 Å². The number of alkyl halides is 3. The van der Waals surface area contributed by atoms with Gasteiger partial charge in [-0.15, -0.1) is 0 Å². The molecule has 1 aliphatic rings. The Kier molecular flexibility index (Phi) is 7.46. The van der Waals surface area contributed by atoms with E-state index >= 15 is 0 Å². The number of anilines is 2. The number of carbonyl (C=O) groups is 2. The minimum atomic E-state index is -4.54. The molecule has 184 valence electrons. The molecule has 2 amide bonds. The second-order valence-corrected chi connectivity index (χ2v) is 9.47. The van der Waals surface area contributed by atoms with Gasteiger partial charge in [-0.1, -0.05) is 60.4 Å².